The molecule has 1 unspecified atom stereocenters. The van der Waals surface area contributed by atoms with E-state index in [0.29, 0.717) is 10.8 Å². The lowest BCUT2D eigenvalue weighted by Gasteiger charge is -2.10. The van der Waals surface area contributed by atoms with E-state index in [1.54, 1.807) is 6.07 Å². The summed E-state index contributed by atoms with van der Waals surface area (Å²) in [5.41, 5.74) is 0. The molecule has 0 amide bonds. The molecule has 0 spiro atoms. The molecule has 0 aliphatic carbocycles. The third-order valence-corrected chi connectivity index (χ3v) is 6.08. The van der Waals surface area contributed by atoms with E-state index in [2.05, 4.69) is 10.0 Å². The van der Waals surface area contributed by atoms with Gasteiger partial charge < -0.3 is 5.32 Å². The van der Waals surface area contributed by atoms with Crippen molar-refractivity contribution in [2.24, 2.45) is 0 Å². The van der Waals surface area contributed by atoms with Crippen LogP contribution in [0, 0.1) is 0 Å². The maximum atomic E-state index is 12.0. The smallest absolute Gasteiger partial charge is 0.250 e. The molecule has 0 bridgehead atoms. The van der Waals surface area contributed by atoms with Crippen LogP contribution in [-0.4, -0.2) is 27.5 Å². The van der Waals surface area contributed by atoms with Crippen LogP contribution in [0.5, 0.6) is 0 Å². The minimum absolute atomic E-state index is 0.287. The molecule has 1 aliphatic rings. The van der Waals surface area contributed by atoms with Gasteiger partial charge in [-0.1, -0.05) is 6.92 Å². The maximum absolute atomic E-state index is 12.0. The fraction of sp³-hybridized carbons (Fsp3) is 0.636. The van der Waals surface area contributed by atoms with E-state index in [1.165, 1.54) is 11.3 Å². The van der Waals surface area contributed by atoms with Crippen molar-refractivity contribution in [1.82, 2.24) is 10.0 Å². The first-order chi connectivity index (χ1) is 8.12. The van der Waals surface area contributed by atoms with Crippen LogP contribution in [0.2, 0.25) is 0 Å². The second kappa shape index (κ2) is 5.48. The lowest BCUT2D eigenvalue weighted by molar-refractivity contribution is 0.553. The van der Waals surface area contributed by atoms with Crippen LogP contribution in [0.3, 0.4) is 0 Å². The van der Waals surface area contributed by atoms with Gasteiger partial charge in [0.1, 0.15) is 4.21 Å². The molecular weight excluding hydrogens is 256 g/mol. The number of sulfonamides is 1. The lowest BCUT2D eigenvalue weighted by Crippen LogP contribution is -2.36. The van der Waals surface area contributed by atoms with Gasteiger partial charge in [0.15, 0.2) is 0 Å². The van der Waals surface area contributed by atoms with Crippen LogP contribution >= 0.6 is 11.3 Å². The van der Waals surface area contributed by atoms with E-state index >= 15 is 0 Å². The molecule has 0 saturated carbocycles. The number of thiophene rings is 1. The van der Waals surface area contributed by atoms with Gasteiger partial charge in [-0.2, -0.15) is 0 Å². The van der Waals surface area contributed by atoms with Crippen molar-refractivity contribution in [3.05, 3.63) is 17.0 Å². The lowest BCUT2D eigenvalue weighted by atomic mass is 10.2. The van der Waals surface area contributed by atoms with Crippen LogP contribution in [0.4, 0.5) is 0 Å². The Morgan fingerprint density at radius 2 is 2.35 bits per heavy atom. The predicted octanol–water partition coefficient (Wildman–Crippen LogP) is 1.34. The zero-order valence-corrected chi connectivity index (χ0v) is 11.5. The molecule has 1 aromatic rings. The van der Waals surface area contributed by atoms with Gasteiger partial charge in [0.05, 0.1) is 0 Å². The summed E-state index contributed by atoms with van der Waals surface area (Å²) in [6.45, 7) is 3.51. The standard InChI is InChI=1S/C11H18N2O2S2/c1-2-10-5-6-11(16-10)17(14,15)13-8-9-4-3-7-12-9/h5-6,9,12-13H,2-4,7-8H2,1H3. The number of nitrogens with one attached hydrogen (secondary N) is 2. The highest BCUT2D eigenvalue weighted by atomic mass is 32.2. The first-order valence-corrected chi connectivity index (χ1v) is 8.23. The third kappa shape index (κ3) is 3.28. The Balaban J connectivity index is 1.97. The topological polar surface area (TPSA) is 58.2 Å². The highest BCUT2D eigenvalue weighted by Crippen LogP contribution is 2.21. The number of aryl methyl sites for hydroxylation is 1. The molecule has 1 fully saturated rings. The molecular formula is C11H18N2O2S2. The average molecular weight is 274 g/mol. The van der Waals surface area contributed by atoms with E-state index in [-0.39, 0.29) is 6.04 Å². The molecule has 0 aromatic carbocycles. The summed E-state index contributed by atoms with van der Waals surface area (Å²) in [6, 6.07) is 3.86. The van der Waals surface area contributed by atoms with Crippen molar-refractivity contribution < 1.29 is 8.42 Å². The highest BCUT2D eigenvalue weighted by Gasteiger charge is 2.20. The Kier molecular flexibility index (Phi) is 4.19. The Bertz CT molecular complexity index is 462. The van der Waals surface area contributed by atoms with Crippen molar-refractivity contribution in [3.8, 4) is 0 Å². The summed E-state index contributed by atoms with van der Waals surface area (Å²) in [5, 5.41) is 3.27. The number of hydrogen-bond acceptors (Lipinski definition) is 4. The van der Waals surface area contributed by atoms with Crippen molar-refractivity contribution in [2.45, 2.75) is 36.4 Å². The van der Waals surface area contributed by atoms with Crippen LogP contribution < -0.4 is 10.0 Å². The maximum Gasteiger partial charge on any atom is 0.250 e. The number of hydrogen-bond donors (Lipinski definition) is 2. The average Bonchev–Trinajstić information content (AvgIpc) is 2.98. The van der Waals surface area contributed by atoms with Crippen molar-refractivity contribution >= 4 is 21.4 Å². The number of rotatable bonds is 5. The van der Waals surface area contributed by atoms with E-state index < -0.39 is 10.0 Å². The zero-order chi connectivity index (χ0) is 12.3. The molecule has 96 valence electrons. The molecule has 2 rings (SSSR count). The monoisotopic (exact) mass is 274 g/mol. The molecule has 2 N–H and O–H groups in total. The SMILES string of the molecule is CCc1ccc(S(=O)(=O)NCC2CCCN2)s1. The summed E-state index contributed by atoms with van der Waals surface area (Å²) in [4.78, 5) is 1.10. The van der Waals surface area contributed by atoms with E-state index in [4.69, 9.17) is 0 Å². The van der Waals surface area contributed by atoms with Crippen LogP contribution in [0.1, 0.15) is 24.6 Å². The molecule has 1 aliphatic heterocycles. The molecule has 1 saturated heterocycles. The predicted molar refractivity (Wildman–Crippen MR) is 69.9 cm³/mol. The Morgan fingerprint density at radius 3 is 2.94 bits per heavy atom. The van der Waals surface area contributed by atoms with Gasteiger partial charge in [-0.25, -0.2) is 13.1 Å². The largest absolute Gasteiger partial charge is 0.313 e. The first kappa shape index (κ1) is 13.0. The molecule has 17 heavy (non-hydrogen) atoms. The summed E-state index contributed by atoms with van der Waals surface area (Å²) in [5.74, 6) is 0. The van der Waals surface area contributed by atoms with Gasteiger partial charge in [-0.05, 0) is 37.9 Å². The van der Waals surface area contributed by atoms with Gasteiger partial charge in [-0.3, -0.25) is 0 Å². The fourth-order valence-electron chi connectivity index (χ4n) is 1.91. The summed E-state index contributed by atoms with van der Waals surface area (Å²) >= 11 is 1.35. The highest BCUT2D eigenvalue weighted by molar-refractivity contribution is 7.91. The van der Waals surface area contributed by atoms with E-state index in [9.17, 15) is 8.42 Å². The van der Waals surface area contributed by atoms with E-state index in [1.807, 2.05) is 13.0 Å². The van der Waals surface area contributed by atoms with Gasteiger partial charge in [0.2, 0.25) is 10.0 Å². The summed E-state index contributed by atoms with van der Waals surface area (Å²) in [7, 11) is -3.31. The minimum atomic E-state index is -3.31. The molecule has 2 heterocycles. The van der Waals surface area contributed by atoms with Gasteiger partial charge >= 0.3 is 0 Å². The van der Waals surface area contributed by atoms with Crippen LogP contribution in [-0.2, 0) is 16.4 Å². The van der Waals surface area contributed by atoms with Crippen molar-refractivity contribution in [3.63, 3.8) is 0 Å². The van der Waals surface area contributed by atoms with Crippen LogP contribution in [0.25, 0.3) is 0 Å². The van der Waals surface area contributed by atoms with Gasteiger partial charge in [0.25, 0.3) is 0 Å². The van der Waals surface area contributed by atoms with Crippen molar-refractivity contribution in [2.75, 3.05) is 13.1 Å². The second-order valence-corrected chi connectivity index (χ2v) is 7.38. The third-order valence-electron chi connectivity index (χ3n) is 2.93. The summed E-state index contributed by atoms with van der Waals surface area (Å²) in [6.07, 6.45) is 3.06. The van der Waals surface area contributed by atoms with Crippen LogP contribution in [0.15, 0.2) is 16.3 Å². The Labute approximate surface area is 106 Å². The van der Waals surface area contributed by atoms with E-state index in [0.717, 1.165) is 30.7 Å². The Hall–Kier alpha value is -0.430. The van der Waals surface area contributed by atoms with Crippen molar-refractivity contribution in [1.29, 1.82) is 0 Å². The quantitative estimate of drug-likeness (QED) is 0.852. The first-order valence-electron chi connectivity index (χ1n) is 5.93. The Morgan fingerprint density at radius 1 is 1.53 bits per heavy atom. The zero-order valence-electron chi connectivity index (χ0n) is 9.90. The van der Waals surface area contributed by atoms with Gasteiger partial charge in [0, 0.05) is 17.5 Å². The molecule has 6 heteroatoms. The van der Waals surface area contributed by atoms with Gasteiger partial charge in [-0.15, -0.1) is 11.3 Å². The second-order valence-electron chi connectivity index (χ2n) is 4.22. The molecule has 0 radical (unpaired) electrons. The summed E-state index contributed by atoms with van der Waals surface area (Å²) < 4.78 is 27.1. The molecule has 1 atom stereocenters. The minimum Gasteiger partial charge on any atom is -0.313 e. The molecule has 1 aromatic heterocycles. The normalized spacial score (nSPS) is 20.9. The molecule has 4 nitrogen and oxygen atoms in total. The fourth-order valence-corrected chi connectivity index (χ4v) is 4.33.